The number of carbonyl (C=O) groups excluding carboxylic acids is 1. The van der Waals surface area contributed by atoms with Gasteiger partial charge in [-0.15, -0.1) is 11.3 Å². The first-order chi connectivity index (χ1) is 6.77. The van der Waals surface area contributed by atoms with E-state index >= 15 is 0 Å². The number of rotatable bonds is 2. The first-order valence-corrected chi connectivity index (χ1v) is 6.29. The molecule has 0 saturated heterocycles. The minimum absolute atomic E-state index is 0.810. The molecule has 1 aromatic heterocycles. The van der Waals surface area contributed by atoms with Gasteiger partial charge >= 0.3 is 0 Å². The molecule has 0 aliphatic rings. The Balaban J connectivity index is 2.83. The molecule has 0 atom stereocenters. The van der Waals surface area contributed by atoms with Gasteiger partial charge in [0.1, 0.15) is 0 Å². The predicted molar refractivity (Wildman–Crippen MR) is 64.6 cm³/mol. The highest BCUT2D eigenvalue weighted by atomic mass is 79.9. The van der Waals surface area contributed by atoms with Crippen molar-refractivity contribution in [3.63, 3.8) is 0 Å². The van der Waals surface area contributed by atoms with E-state index in [2.05, 4.69) is 35.0 Å². The second kappa shape index (κ2) is 3.83. The van der Waals surface area contributed by atoms with Crippen LogP contribution in [0.15, 0.2) is 17.5 Å². The third-order valence-electron chi connectivity index (χ3n) is 2.41. The predicted octanol–water partition coefficient (Wildman–Crippen LogP) is 3.92. The molecule has 14 heavy (non-hydrogen) atoms. The summed E-state index contributed by atoms with van der Waals surface area (Å²) in [5, 5.41) is 3.87. The summed E-state index contributed by atoms with van der Waals surface area (Å²) < 4.78 is 1.19. The molecular formula is C11H9BrOS. The van der Waals surface area contributed by atoms with Gasteiger partial charge in [0.05, 0.1) is 0 Å². The van der Waals surface area contributed by atoms with Crippen molar-refractivity contribution in [2.75, 3.05) is 0 Å². The van der Waals surface area contributed by atoms with Crippen LogP contribution < -0.4 is 0 Å². The molecule has 1 aromatic carbocycles. The van der Waals surface area contributed by atoms with E-state index in [9.17, 15) is 4.79 Å². The van der Waals surface area contributed by atoms with Crippen LogP contribution in [-0.4, -0.2) is 6.29 Å². The van der Waals surface area contributed by atoms with Gasteiger partial charge in [-0.25, -0.2) is 0 Å². The van der Waals surface area contributed by atoms with E-state index in [4.69, 9.17) is 0 Å². The zero-order chi connectivity index (χ0) is 10.1. The summed E-state index contributed by atoms with van der Waals surface area (Å²) in [6.45, 7) is 2.07. The smallest absolute Gasteiger partial charge is 0.151 e. The second-order valence-corrected chi connectivity index (χ2v) is 4.64. The number of hydrogen-bond donors (Lipinski definition) is 0. The summed E-state index contributed by atoms with van der Waals surface area (Å²) in [5.74, 6) is 0. The van der Waals surface area contributed by atoms with Crippen molar-refractivity contribution in [2.45, 2.75) is 12.3 Å². The van der Waals surface area contributed by atoms with E-state index in [1.807, 2.05) is 5.38 Å². The number of hydrogen-bond acceptors (Lipinski definition) is 2. The zero-order valence-corrected chi connectivity index (χ0v) is 10.1. The van der Waals surface area contributed by atoms with E-state index < -0.39 is 0 Å². The number of alkyl halides is 1. The quantitative estimate of drug-likeness (QED) is 0.596. The highest BCUT2D eigenvalue weighted by molar-refractivity contribution is 9.08. The van der Waals surface area contributed by atoms with Crippen molar-refractivity contribution >= 4 is 43.6 Å². The molecule has 0 spiro atoms. The molecule has 0 fully saturated rings. The van der Waals surface area contributed by atoms with Gasteiger partial charge in [-0.1, -0.05) is 22.0 Å². The molecule has 0 aliphatic carbocycles. The number of fused-ring (bicyclic) bond motifs is 1. The maximum atomic E-state index is 10.8. The standard InChI is InChI=1S/C11H9BrOS/c1-7-8(4-12)2-3-10-11(7)9(5-13)6-14-10/h2-3,5-6H,4H2,1H3. The van der Waals surface area contributed by atoms with Crippen molar-refractivity contribution in [3.05, 3.63) is 34.2 Å². The van der Waals surface area contributed by atoms with Crippen LogP contribution in [0.4, 0.5) is 0 Å². The van der Waals surface area contributed by atoms with Crippen LogP contribution in [0.1, 0.15) is 21.5 Å². The molecule has 0 unspecified atom stereocenters. The Morgan fingerprint density at radius 3 is 2.93 bits per heavy atom. The first-order valence-electron chi connectivity index (χ1n) is 4.28. The zero-order valence-electron chi connectivity index (χ0n) is 7.71. The van der Waals surface area contributed by atoms with Crippen molar-refractivity contribution in [3.8, 4) is 0 Å². The highest BCUT2D eigenvalue weighted by Gasteiger charge is 2.08. The van der Waals surface area contributed by atoms with Crippen molar-refractivity contribution < 1.29 is 4.79 Å². The molecule has 2 aromatic rings. The van der Waals surface area contributed by atoms with Gasteiger partial charge < -0.3 is 0 Å². The fourth-order valence-electron chi connectivity index (χ4n) is 1.60. The molecule has 0 radical (unpaired) electrons. The summed E-state index contributed by atoms with van der Waals surface area (Å²) in [5.41, 5.74) is 3.27. The van der Waals surface area contributed by atoms with E-state index in [1.54, 1.807) is 11.3 Å². The van der Waals surface area contributed by atoms with Crippen molar-refractivity contribution in [2.24, 2.45) is 0 Å². The summed E-state index contributed by atoms with van der Waals surface area (Å²) in [6.07, 6.45) is 0.934. The lowest BCUT2D eigenvalue weighted by Gasteiger charge is -2.03. The van der Waals surface area contributed by atoms with Gasteiger partial charge in [0.15, 0.2) is 6.29 Å². The van der Waals surface area contributed by atoms with Gasteiger partial charge in [-0.05, 0) is 24.1 Å². The molecule has 1 nitrogen and oxygen atoms in total. The van der Waals surface area contributed by atoms with Crippen molar-refractivity contribution in [1.82, 2.24) is 0 Å². The molecule has 0 amide bonds. The topological polar surface area (TPSA) is 17.1 Å². The van der Waals surface area contributed by atoms with E-state index in [1.165, 1.54) is 15.8 Å². The molecule has 0 saturated carbocycles. The average molecular weight is 269 g/mol. The maximum absolute atomic E-state index is 10.8. The Morgan fingerprint density at radius 2 is 2.29 bits per heavy atom. The van der Waals surface area contributed by atoms with Crippen LogP contribution in [0.25, 0.3) is 10.1 Å². The highest BCUT2D eigenvalue weighted by Crippen LogP contribution is 2.30. The molecule has 3 heteroatoms. The second-order valence-electron chi connectivity index (χ2n) is 3.17. The molecular weight excluding hydrogens is 260 g/mol. The summed E-state index contributed by atoms with van der Waals surface area (Å²) in [4.78, 5) is 10.8. The van der Waals surface area contributed by atoms with Gasteiger partial charge in [-0.3, -0.25) is 4.79 Å². The molecule has 1 heterocycles. The number of carbonyl (C=O) groups is 1. The molecule has 72 valence electrons. The molecule has 0 bridgehead atoms. The fourth-order valence-corrected chi connectivity index (χ4v) is 3.17. The van der Waals surface area contributed by atoms with Gasteiger partial charge in [-0.2, -0.15) is 0 Å². The maximum Gasteiger partial charge on any atom is 0.151 e. The van der Waals surface area contributed by atoms with Crippen LogP contribution in [0, 0.1) is 6.92 Å². The third kappa shape index (κ3) is 1.41. The number of benzene rings is 1. The largest absolute Gasteiger partial charge is 0.298 e. The van der Waals surface area contributed by atoms with Crippen LogP contribution in [0.2, 0.25) is 0 Å². The molecule has 0 N–H and O–H groups in total. The fraction of sp³-hybridized carbons (Fsp3) is 0.182. The van der Waals surface area contributed by atoms with Crippen LogP contribution >= 0.6 is 27.3 Å². The number of thiophene rings is 1. The SMILES string of the molecule is Cc1c(CBr)ccc2scc(C=O)c12. The lowest BCUT2D eigenvalue weighted by Crippen LogP contribution is -1.86. The molecule has 2 rings (SSSR count). The van der Waals surface area contributed by atoms with Crippen LogP contribution in [0.3, 0.4) is 0 Å². The Morgan fingerprint density at radius 1 is 1.50 bits per heavy atom. The van der Waals surface area contributed by atoms with Crippen LogP contribution in [-0.2, 0) is 5.33 Å². The number of aryl methyl sites for hydroxylation is 1. The lowest BCUT2D eigenvalue weighted by molar-refractivity contribution is 0.112. The van der Waals surface area contributed by atoms with Crippen LogP contribution in [0.5, 0.6) is 0 Å². The monoisotopic (exact) mass is 268 g/mol. The van der Waals surface area contributed by atoms with E-state index in [-0.39, 0.29) is 0 Å². The third-order valence-corrected chi connectivity index (χ3v) is 3.98. The van der Waals surface area contributed by atoms with E-state index in [0.29, 0.717) is 0 Å². The minimum Gasteiger partial charge on any atom is -0.298 e. The van der Waals surface area contributed by atoms with Gasteiger partial charge in [0.25, 0.3) is 0 Å². The summed E-state index contributed by atoms with van der Waals surface area (Å²) >= 11 is 5.07. The minimum atomic E-state index is 0.810. The van der Waals surface area contributed by atoms with E-state index in [0.717, 1.165) is 22.6 Å². The summed E-state index contributed by atoms with van der Waals surface area (Å²) in [7, 11) is 0. The lowest BCUT2D eigenvalue weighted by atomic mass is 10.0. The Hall–Kier alpha value is -0.670. The van der Waals surface area contributed by atoms with Gasteiger partial charge in [0, 0.05) is 26.4 Å². The first kappa shape index (κ1) is 9.87. The van der Waals surface area contributed by atoms with Gasteiger partial charge in [0.2, 0.25) is 0 Å². The molecule has 0 aliphatic heterocycles. The average Bonchev–Trinajstić information content (AvgIpc) is 2.62. The Bertz CT molecular complexity index is 487. The Kier molecular flexibility index (Phi) is 2.70. The summed E-state index contributed by atoms with van der Waals surface area (Å²) in [6, 6.07) is 4.19. The normalized spacial score (nSPS) is 10.7. The number of aldehydes is 1. The van der Waals surface area contributed by atoms with Crippen molar-refractivity contribution in [1.29, 1.82) is 0 Å². The Labute approximate surface area is 94.9 Å². The number of halogens is 1.